The van der Waals surface area contributed by atoms with Crippen molar-refractivity contribution in [2.24, 2.45) is 23.5 Å². The van der Waals surface area contributed by atoms with Gasteiger partial charge in [-0.1, -0.05) is 46.5 Å². The maximum absolute atomic E-state index is 12.9. The van der Waals surface area contributed by atoms with Gasteiger partial charge in [0.25, 0.3) is 0 Å². The smallest absolute Gasteiger partial charge is 0.223 e. The van der Waals surface area contributed by atoms with Gasteiger partial charge in [0.2, 0.25) is 5.91 Å². The Kier molecular flexibility index (Phi) is 18.2. The van der Waals surface area contributed by atoms with Gasteiger partial charge in [-0.2, -0.15) is 0 Å². The van der Waals surface area contributed by atoms with Crippen molar-refractivity contribution in [3.63, 3.8) is 0 Å². The molecule has 0 spiro atoms. The van der Waals surface area contributed by atoms with Crippen LogP contribution in [0.1, 0.15) is 91.9 Å². The first kappa shape index (κ1) is 45.6. The number of hydrogen-bond acceptors (Lipinski definition) is 16. The van der Waals surface area contributed by atoms with E-state index in [1.807, 2.05) is 0 Å². The summed E-state index contributed by atoms with van der Waals surface area (Å²) in [6.45, 7) is 7.07. The van der Waals surface area contributed by atoms with Gasteiger partial charge in [0, 0.05) is 12.5 Å². The van der Waals surface area contributed by atoms with Crippen LogP contribution in [-0.4, -0.2) is 165 Å². The maximum atomic E-state index is 12.9. The predicted octanol–water partition coefficient (Wildman–Crippen LogP) is -1.25. The fourth-order valence-electron chi connectivity index (χ4n) is 8.23. The first-order chi connectivity index (χ1) is 25.8. The number of carbonyl (C=O) groups is 1. The summed E-state index contributed by atoms with van der Waals surface area (Å²) in [5.74, 6) is 0.643. The predicted molar refractivity (Wildman–Crippen MR) is 191 cm³/mol. The van der Waals surface area contributed by atoms with Gasteiger partial charge >= 0.3 is 0 Å². The van der Waals surface area contributed by atoms with E-state index in [9.17, 15) is 45.6 Å². The lowest BCUT2D eigenvalue weighted by atomic mass is 9.85. The Balaban J connectivity index is 1.51. The van der Waals surface area contributed by atoms with Crippen molar-refractivity contribution in [2.75, 3.05) is 19.8 Å². The van der Waals surface area contributed by atoms with Crippen molar-refractivity contribution in [1.82, 2.24) is 5.32 Å². The molecular formula is C37H68N2O15. The Morgan fingerprint density at radius 3 is 1.94 bits per heavy atom. The molecule has 4 fully saturated rings. The summed E-state index contributed by atoms with van der Waals surface area (Å²) in [5, 5.41) is 87.2. The van der Waals surface area contributed by atoms with E-state index < -0.39 is 105 Å². The molecule has 4 rings (SSSR count). The highest BCUT2D eigenvalue weighted by Crippen LogP contribution is 2.35. The van der Waals surface area contributed by atoms with E-state index in [-0.39, 0.29) is 23.8 Å². The van der Waals surface area contributed by atoms with Crippen molar-refractivity contribution in [3.05, 3.63) is 0 Å². The quantitative estimate of drug-likeness (QED) is 0.117. The second-order valence-electron chi connectivity index (χ2n) is 15.5. The van der Waals surface area contributed by atoms with E-state index in [1.54, 1.807) is 6.92 Å². The minimum atomic E-state index is -1.82. The van der Waals surface area contributed by atoms with E-state index in [2.05, 4.69) is 26.1 Å². The van der Waals surface area contributed by atoms with Crippen molar-refractivity contribution >= 4 is 5.91 Å². The van der Waals surface area contributed by atoms with Gasteiger partial charge in [0.15, 0.2) is 18.9 Å². The third-order valence-electron chi connectivity index (χ3n) is 12.0. The Morgan fingerprint density at radius 2 is 1.31 bits per heavy atom. The highest BCUT2D eigenvalue weighted by atomic mass is 16.8. The SMILES string of the molecule is CCC1CCCC(CC)C(=O)NCCCC(CC)C(O[C@H]2O[C@H](C)[C@@H](O)[C@H](N)[C@@H]2O[C@H]2O[C@H](CO)[C@@H](O[C@@H]3O[C@H](CO)[C@@H](O)[C@H](O)[C@H]3O)[C@H](O)[C@H]2O)CC1. The summed E-state index contributed by atoms with van der Waals surface area (Å²) in [6.07, 6.45) is -12.4. The first-order valence-corrected chi connectivity index (χ1v) is 20.1. The lowest BCUT2D eigenvalue weighted by molar-refractivity contribution is -0.379. The minimum Gasteiger partial charge on any atom is -0.394 e. The van der Waals surface area contributed by atoms with Crippen LogP contribution in [0.5, 0.6) is 0 Å². The molecule has 0 bridgehead atoms. The molecule has 4 aliphatic rings. The molecule has 0 saturated carbocycles. The molecule has 0 aromatic heterocycles. The summed E-state index contributed by atoms with van der Waals surface area (Å²) in [6, 6.07) is -1.08. The van der Waals surface area contributed by atoms with E-state index >= 15 is 0 Å². The minimum absolute atomic E-state index is 0.0201. The highest BCUT2D eigenvalue weighted by Gasteiger charge is 2.53. The number of rotatable bonds is 11. The molecule has 0 aromatic rings. The molecule has 17 heteroatoms. The Morgan fingerprint density at radius 1 is 0.667 bits per heavy atom. The molecule has 0 radical (unpaired) electrons. The van der Waals surface area contributed by atoms with Crippen LogP contribution in [0.3, 0.4) is 0 Å². The van der Waals surface area contributed by atoms with Gasteiger partial charge in [0.05, 0.1) is 37.6 Å². The Hall–Kier alpha value is -1.13. The van der Waals surface area contributed by atoms with Crippen LogP contribution in [0.25, 0.3) is 0 Å². The third kappa shape index (κ3) is 11.1. The number of carbonyl (C=O) groups excluding carboxylic acids is 1. The standard InChI is InChI=1S/C37H68N2O15/c1-5-19-10-8-11-21(7-3)34(48)39-15-9-12-20(6-2)22(14-13-19)50-37-33(25(38)26(42)18(4)49-37)54-36-31(47)29(45)32(24(17-41)52-36)53-35-30(46)28(44)27(43)23(16-40)51-35/h18-33,35-37,40-47H,5-17,38H2,1-4H3,(H,39,48)/t18-,19?,20?,21?,22?,23-,24-,25+,26-,27-,28+,29-,30-,31-,32-,33+,35+,36-,37-/m1/s1. The highest BCUT2D eigenvalue weighted by molar-refractivity contribution is 5.78. The average Bonchev–Trinajstić information content (AvgIpc) is 3.16. The number of nitrogens with one attached hydrogen (secondary N) is 1. The van der Waals surface area contributed by atoms with Crippen LogP contribution in [-0.2, 0) is 33.2 Å². The molecule has 0 aliphatic carbocycles. The monoisotopic (exact) mass is 780 g/mol. The zero-order valence-corrected chi connectivity index (χ0v) is 32.2. The molecule has 316 valence electrons. The van der Waals surface area contributed by atoms with E-state index in [4.69, 9.17) is 34.2 Å². The lowest BCUT2D eigenvalue weighted by Crippen LogP contribution is -2.67. The zero-order chi connectivity index (χ0) is 39.7. The Bertz CT molecular complexity index is 1110. The maximum Gasteiger partial charge on any atom is 0.223 e. The van der Waals surface area contributed by atoms with Crippen LogP contribution in [0, 0.1) is 17.8 Å². The number of hydrogen-bond donors (Lipinski definition) is 10. The molecule has 54 heavy (non-hydrogen) atoms. The number of amides is 1. The van der Waals surface area contributed by atoms with Crippen LogP contribution in [0.4, 0.5) is 0 Å². The number of ether oxygens (including phenoxy) is 6. The lowest BCUT2D eigenvalue weighted by Gasteiger charge is -2.48. The van der Waals surface area contributed by atoms with Gasteiger partial charge in [0.1, 0.15) is 54.9 Å². The average molecular weight is 781 g/mol. The summed E-state index contributed by atoms with van der Waals surface area (Å²) in [7, 11) is 0. The Labute approximate surface area is 318 Å². The van der Waals surface area contributed by atoms with E-state index in [0.29, 0.717) is 12.5 Å². The van der Waals surface area contributed by atoms with Gasteiger partial charge < -0.3 is 80.3 Å². The van der Waals surface area contributed by atoms with Gasteiger partial charge in [-0.25, -0.2) is 0 Å². The summed E-state index contributed by atoms with van der Waals surface area (Å²) < 4.78 is 36.1. The summed E-state index contributed by atoms with van der Waals surface area (Å²) in [4.78, 5) is 12.9. The fraction of sp³-hybridized carbons (Fsp3) is 0.973. The second kappa shape index (κ2) is 21.6. The van der Waals surface area contributed by atoms with Crippen LogP contribution in [0.2, 0.25) is 0 Å². The number of aliphatic hydroxyl groups excluding tert-OH is 8. The molecule has 4 heterocycles. The zero-order valence-electron chi connectivity index (χ0n) is 32.2. The van der Waals surface area contributed by atoms with Crippen molar-refractivity contribution in [3.8, 4) is 0 Å². The molecule has 4 aliphatic heterocycles. The van der Waals surface area contributed by atoms with Crippen LogP contribution in [0.15, 0.2) is 0 Å². The van der Waals surface area contributed by atoms with Crippen LogP contribution < -0.4 is 11.1 Å². The molecule has 19 atom stereocenters. The summed E-state index contributed by atoms with van der Waals surface area (Å²) >= 11 is 0. The van der Waals surface area contributed by atoms with Crippen molar-refractivity contribution in [2.45, 2.75) is 190 Å². The normalized spacial score (nSPS) is 46.4. The van der Waals surface area contributed by atoms with Crippen molar-refractivity contribution < 1.29 is 74.1 Å². The third-order valence-corrected chi connectivity index (χ3v) is 12.0. The molecule has 4 saturated heterocycles. The molecule has 4 unspecified atom stereocenters. The van der Waals surface area contributed by atoms with Crippen LogP contribution >= 0.6 is 0 Å². The largest absolute Gasteiger partial charge is 0.394 e. The molecule has 0 aromatic carbocycles. The van der Waals surface area contributed by atoms with E-state index in [1.165, 1.54) is 0 Å². The van der Waals surface area contributed by atoms with Gasteiger partial charge in [-0.15, -0.1) is 0 Å². The number of nitrogens with two attached hydrogens (primary N) is 1. The van der Waals surface area contributed by atoms with Gasteiger partial charge in [-0.3, -0.25) is 4.79 Å². The van der Waals surface area contributed by atoms with E-state index in [0.717, 1.165) is 64.2 Å². The number of aliphatic hydroxyl groups is 8. The molecule has 11 N–H and O–H groups in total. The molecule has 17 nitrogen and oxygen atoms in total. The topological polar surface area (TPSA) is 272 Å². The first-order valence-electron chi connectivity index (χ1n) is 20.1. The van der Waals surface area contributed by atoms with Crippen molar-refractivity contribution in [1.29, 1.82) is 0 Å². The molecular weight excluding hydrogens is 712 g/mol. The second-order valence-corrected chi connectivity index (χ2v) is 15.5. The molecule has 1 amide bonds. The summed E-state index contributed by atoms with van der Waals surface area (Å²) in [5.41, 5.74) is 6.55. The van der Waals surface area contributed by atoms with Gasteiger partial charge in [-0.05, 0) is 57.3 Å². The fourth-order valence-corrected chi connectivity index (χ4v) is 8.23.